The molecule has 0 heterocycles. The fourth-order valence-corrected chi connectivity index (χ4v) is 2.46. The van der Waals surface area contributed by atoms with Gasteiger partial charge in [-0.25, -0.2) is 0 Å². The zero-order valence-corrected chi connectivity index (χ0v) is 10.4. The van der Waals surface area contributed by atoms with Gasteiger partial charge in [-0.05, 0) is 31.7 Å². The molecular formula is C14H21NO2. The number of ether oxygens (including phenoxy) is 1. The summed E-state index contributed by atoms with van der Waals surface area (Å²) in [6.07, 6.45) is 4.95. The van der Waals surface area contributed by atoms with Crippen molar-refractivity contribution < 1.29 is 9.84 Å². The number of aliphatic hydroxyl groups excluding tert-OH is 1. The minimum Gasteiger partial charge on any atom is -0.392 e. The van der Waals surface area contributed by atoms with Crippen molar-refractivity contribution in [2.24, 2.45) is 0 Å². The Morgan fingerprint density at radius 2 is 1.94 bits per heavy atom. The van der Waals surface area contributed by atoms with Crippen LogP contribution in [0.5, 0.6) is 0 Å². The first-order valence-electron chi connectivity index (χ1n) is 6.31. The first-order valence-corrected chi connectivity index (χ1v) is 6.31. The highest BCUT2D eigenvalue weighted by atomic mass is 16.5. The third kappa shape index (κ3) is 3.20. The average Bonchev–Trinajstić information content (AvgIpc) is 2.40. The lowest BCUT2D eigenvalue weighted by Crippen LogP contribution is -2.29. The number of methoxy groups -OCH3 is 1. The summed E-state index contributed by atoms with van der Waals surface area (Å²) < 4.78 is 5.37. The van der Waals surface area contributed by atoms with Gasteiger partial charge < -0.3 is 15.2 Å². The van der Waals surface area contributed by atoms with Crippen molar-refractivity contribution in [3.8, 4) is 0 Å². The molecule has 2 rings (SSSR count). The van der Waals surface area contributed by atoms with Gasteiger partial charge in [-0.2, -0.15) is 0 Å². The van der Waals surface area contributed by atoms with Crippen molar-refractivity contribution in [2.75, 3.05) is 12.4 Å². The lowest BCUT2D eigenvalue weighted by atomic mass is 9.92. The summed E-state index contributed by atoms with van der Waals surface area (Å²) in [5.41, 5.74) is 2.04. The molecule has 0 saturated heterocycles. The molecule has 0 unspecified atom stereocenters. The molecule has 0 atom stereocenters. The number of rotatable bonds is 4. The van der Waals surface area contributed by atoms with E-state index in [1.54, 1.807) is 7.11 Å². The molecule has 0 bridgehead atoms. The van der Waals surface area contributed by atoms with Gasteiger partial charge in [0.1, 0.15) is 0 Å². The molecular weight excluding hydrogens is 214 g/mol. The fraction of sp³-hybridized carbons (Fsp3) is 0.571. The minimum atomic E-state index is 0.0938. The van der Waals surface area contributed by atoms with Crippen molar-refractivity contribution >= 4 is 5.69 Å². The molecule has 3 heteroatoms. The van der Waals surface area contributed by atoms with E-state index in [4.69, 9.17) is 4.74 Å². The Kier molecular flexibility index (Phi) is 4.40. The normalized spacial score (nSPS) is 24.6. The Morgan fingerprint density at radius 3 is 2.59 bits per heavy atom. The van der Waals surface area contributed by atoms with Crippen LogP contribution in [0.2, 0.25) is 0 Å². The molecule has 1 aromatic carbocycles. The molecule has 0 aliphatic heterocycles. The minimum absolute atomic E-state index is 0.0938. The van der Waals surface area contributed by atoms with Gasteiger partial charge in [-0.15, -0.1) is 0 Å². The molecule has 1 aliphatic carbocycles. The van der Waals surface area contributed by atoms with Crippen LogP contribution in [0.4, 0.5) is 5.69 Å². The van der Waals surface area contributed by atoms with Crippen LogP contribution in [-0.4, -0.2) is 24.4 Å². The van der Waals surface area contributed by atoms with Crippen LogP contribution >= 0.6 is 0 Å². The summed E-state index contributed by atoms with van der Waals surface area (Å²) >= 11 is 0. The van der Waals surface area contributed by atoms with Gasteiger partial charge in [0.2, 0.25) is 0 Å². The largest absolute Gasteiger partial charge is 0.392 e. The second-order valence-electron chi connectivity index (χ2n) is 4.67. The molecule has 17 heavy (non-hydrogen) atoms. The molecule has 1 fully saturated rings. The highest BCUT2D eigenvalue weighted by Gasteiger charge is 2.20. The molecule has 1 saturated carbocycles. The van der Waals surface area contributed by atoms with Gasteiger partial charge >= 0.3 is 0 Å². The summed E-state index contributed by atoms with van der Waals surface area (Å²) in [5.74, 6) is 0. The zero-order valence-electron chi connectivity index (χ0n) is 10.4. The molecule has 0 spiro atoms. The average molecular weight is 235 g/mol. The maximum atomic E-state index is 9.27. The van der Waals surface area contributed by atoms with E-state index in [1.165, 1.54) is 0 Å². The predicted molar refractivity (Wildman–Crippen MR) is 69.0 cm³/mol. The van der Waals surface area contributed by atoms with E-state index in [2.05, 4.69) is 5.32 Å². The van der Waals surface area contributed by atoms with Crippen LogP contribution in [0.25, 0.3) is 0 Å². The van der Waals surface area contributed by atoms with Gasteiger partial charge in [0, 0.05) is 24.4 Å². The molecule has 2 N–H and O–H groups in total. The van der Waals surface area contributed by atoms with Crippen LogP contribution in [0.15, 0.2) is 24.3 Å². The lowest BCUT2D eigenvalue weighted by Gasteiger charge is -2.29. The molecule has 0 amide bonds. The van der Waals surface area contributed by atoms with Crippen LogP contribution in [0.3, 0.4) is 0 Å². The van der Waals surface area contributed by atoms with Crippen molar-refractivity contribution in [1.29, 1.82) is 0 Å². The van der Waals surface area contributed by atoms with E-state index in [0.29, 0.717) is 12.1 Å². The number of anilines is 1. The molecule has 3 nitrogen and oxygen atoms in total. The van der Waals surface area contributed by atoms with Gasteiger partial charge in [0.15, 0.2) is 0 Å². The van der Waals surface area contributed by atoms with E-state index >= 15 is 0 Å². The summed E-state index contributed by atoms with van der Waals surface area (Å²) in [5, 5.41) is 12.8. The van der Waals surface area contributed by atoms with Crippen molar-refractivity contribution in [1.82, 2.24) is 0 Å². The summed E-state index contributed by atoms with van der Waals surface area (Å²) in [4.78, 5) is 0. The van der Waals surface area contributed by atoms with Crippen molar-refractivity contribution in [3.63, 3.8) is 0 Å². The van der Waals surface area contributed by atoms with Gasteiger partial charge in [0.05, 0.1) is 12.7 Å². The maximum Gasteiger partial charge on any atom is 0.0701 e. The molecule has 1 aromatic rings. The van der Waals surface area contributed by atoms with Crippen LogP contribution < -0.4 is 5.32 Å². The standard InChI is InChI=1S/C14H21NO2/c1-17-13-8-6-12(7-9-13)15-14-5-3-2-4-11(14)10-16/h2-5,12-13,15-16H,6-10H2,1H3. The smallest absolute Gasteiger partial charge is 0.0701 e. The SMILES string of the molecule is COC1CCC(Nc2ccccc2CO)CC1. The van der Waals surface area contributed by atoms with Gasteiger partial charge in [-0.1, -0.05) is 18.2 Å². The maximum absolute atomic E-state index is 9.27. The second kappa shape index (κ2) is 6.03. The monoisotopic (exact) mass is 235 g/mol. The zero-order chi connectivity index (χ0) is 12.1. The van der Waals surface area contributed by atoms with E-state index in [-0.39, 0.29) is 6.61 Å². The third-order valence-corrected chi connectivity index (χ3v) is 3.55. The first-order chi connectivity index (χ1) is 8.33. The van der Waals surface area contributed by atoms with E-state index in [0.717, 1.165) is 36.9 Å². The summed E-state index contributed by atoms with van der Waals surface area (Å²) in [6, 6.07) is 8.46. The second-order valence-corrected chi connectivity index (χ2v) is 4.67. The third-order valence-electron chi connectivity index (χ3n) is 3.55. The Labute approximate surface area is 103 Å². The highest BCUT2D eigenvalue weighted by Crippen LogP contribution is 2.25. The fourth-order valence-electron chi connectivity index (χ4n) is 2.46. The number of para-hydroxylation sites is 1. The Bertz CT molecular complexity index is 346. The van der Waals surface area contributed by atoms with Crippen molar-refractivity contribution in [2.45, 2.75) is 44.4 Å². The van der Waals surface area contributed by atoms with Crippen LogP contribution in [-0.2, 0) is 11.3 Å². The van der Waals surface area contributed by atoms with Gasteiger partial charge in [-0.3, -0.25) is 0 Å². The van der Waals surface area contributed by atoms with E-state index in [1.807, 2.05) is 24.3 Å². The Morgan fingerprint density at radius 1 is 1.24 bits per heavy atom. The van der Waals surface area contributed by atoms with Crippen molar-refractivity contribution in [3.05, 3.63) is 29.8 Å². The molecule has 0 radical (unpaired) electrons. The lowest BCUT2D eigenvalue weighted by molar-refractivity contribution is 0.0681. The Hall–Kier alpha value is -1.06. The quantitative estimate of drug-likeness (QED) is 0.842. The summed E-state index contributed by atoms with van der Waals surface area (Å²) in [7, 11) is 1.79. The molecule has 94 valence electrons. The van der Waals surface area contributed by atoms with Crippen LogP contribution in [0.1, 0.15) is 31.2 Å². The number of hydrogen-bond donors (Lipinski definition) is 2. The highest BCUT2D eigenvalue weighted by molar-refractivity contribution is 5.51. The van der Waals surface area contributed by atoms with Gasteiger partial charge in [0.25, 0.3) is 0 Å². The predicted octanol–water partition coefficient (Wildman–Crippen LogP) is 2.55. The molecule has 0 aromatic heterocycles. The number of hydrogen-bond acceptors (Lipinski definition) is 3. The topological polar surface area (TPSA) is 41.5 Å². The number of aliphatic hydroxyl groups is 1. The summed E-state index contributed by atoms with van der Waals surface area (Å²) in [6.45, 7) is 0.0938. The Balaban J connectivity index is 1.93. The first kappa shape index (κ1) is 12.4. The van der Waals surface area contributed by atoms with E-state index in [9.17, 15) is 5.11 Å². The number of benzene rings is 1. The molecule has 1 aliphatic rings. The van der Waals surface area contributed by atoms with Crippen LogP contribution in [0, 0.1) is 0 Å². The number of nitrogens with one attached hydrogen (secondary N) is 1. The van der Waals surface area contributed by atoms with E-state index < -0.39 is 0 Å².